The zero-order valence-corrected chi connectivity index (χ0v) is 15.9. The van der Waals surface area contributed by atoms with Gasteiger partial charge in [-0.25, -0.2) is 9.97 Å². The van der Waals surface area contributed by atoms with Crippen molar-refractivity contribution >= 4 is 11.8 Å². The van der Waals surface area contributed by atoms with Gasteiger partial charge in [0, 0.05) is 19.6 Å². The summed E-state index contributed by atoms with van der Waals surface area (Å²) in [5.74, 6) is 0.465. The highest BCUT2D eigenvalue weighted by molar-refractivity contribution is 5.98. The maximum Gasteiger partial charge on any atom is 0.264 e. The van der Waals surface area contributed by atoms with E-state index in [0.717, 1.165) is 32.2 Å². The summed E-state index contributed by atoms with van der Waals surface area (Å²) >= 11 is 0. The number of amides is 2. The number of hydrogen-bond acceptors (Lipinski definition) is 7. The Morgan fingerprint density at radius 3 is 2.59 bits per heavy atom. The summed E-state index contributed by atoms with van der Waals surface area (Å²) in [6.45, 7) is 2.68. The number of nitrogens with zero attached hydrogens (tertiary/aromatic N) is 3. The average Bonchev–Trinajstić information content (AvgIpc) is 3.26. The summed E-state index contributed by atoms with van der Waals surface area (Å²) in [6.07, 6.45) is 5.08. The number of likely N-dealkylation sites (tertiary alicyclic amines) is 1. The molecule has 0 bridgehead atoms. The Kier molecular flexibility index (Phi) is 6.44. The van der Waals surface area contributed by atoms with Gasteiger partial charge in [0.1, 0.15) is 6.33 Å². The van der Waals surface area contributed by atoms with E-state index in [9.17, 15) is 9.59 Å². The number of rotatable bonds is 6. The molecule has 9 nitrogen and oxygen atoms in total. The first-order valence-corrected chi connectivity index (χ1v) is 9.37. The molecule has 2 atom stereocenters. The van der Waals surface area contributed by atoms with Gasteiger partial charge in [-0.1, -0.05) is 0 Å². The zero-order valence-electron chi connectivity index (χ0n) is 15.9. The molecule has 0 aromatic carbocycles. The molecule has 3 heterocycles. The first-order chi connectivity index (χ1) is 13.1. The normalized spacial score (nSPS) is 22.4. The molecule has 2 saturated heterocycles. The molecule has 1 aromatic heterocycles. The highest BCUT2D eigenvalue weighted by Gasteiger charge is 2.30. The molecule has 0 aliphatic carbocycles. The Bertz CT molecular complexity index is 655. The fourth-order valence-electron chi connectivity index (χ4n) is 3.70. The van der Waals surface area contributed by atoms with Crippen molar-refractivity contribution < 1.29 is 19.1 Å². The maximum absolute atomic E-state index is 13.0. The number of ether oxygens (including phenoxy) is 2. The Labute approximate surface area is 158 Å². The van der Waals surface area contributed by atoms with E-state index in [1.54, 1.807) is 4.90 Å². The Hall–Kier alpha value is -2.42. The van der Waals surface area contributed by atoms with Crippen molar-refractivity contribution in [1.29, 1.82) is 0 Å². The Morgan fingerprint density at radius 2 is 1.96 bits per heavy atom. The third-order valence-corrected chi connectivity index (χ3v) is 5.13. The van der Waals surface area contributed by atoms with Crippen LogP contribution in [0.3, 0.4) is 0 Å². The quantitative estimate of drug-likeness (QED) is 0.730. The van der Waals surface area contributed by atoms with Crippen LogP contribution in [-0.2, 0) is 4.79 Å². The first kappa shape index (κ1) is 19.3. The third-order valence-electron chi connectivity index (χ3n) is 5.13. The van der Waals surface area contributed by atoms with E-state index in [1.807, 2.05) is 0 Å². The van der Waals surface area contributed by atoms with Crippen molar-refractivity contribution in [2.45, 2.75) is 31.7 Å². The van der Waals surface area contributed by atoms with Crippen molar-refractivity contribution in [3.8, 4) is 11.8 Å². The molecule has 3 rings (SSSR count). The van der Waals surface area contributed by atoms with Crippen LogP contribution in [-0.4, -0.2) is 73.1 Å². The summed E-state index contributed by atoms with van der Waals surface area (Å²) < 4.78 is 10.4. The van der Waals surface area contributed by atoms with Crippen LogP contribution in [0.4, 0.5) is 0 Å². The molecule has 2 unspecified atom stereocenters. The lowest BCUT2D eigenvalue weighted by Gasteiger charge is -2.33. The molecule has 9 heteroatoms. The number of aromatic nitrogens is 2. The van der Waals surface area contributed by atoms with E-state index >= 15 is 0 Å². The average molecular weight is 377 g/mol. The fraction of sp³-hybridized carbons (Fsp3) is 0.667. The summed E-state index contributed by atoms with van der Waals surface area (Å²) in [5, 5.41) is 6.22. The van der Waals surface area contributed by atoms with Crippen LogP contribution in [0, 0.1) is 5.92 Å². The van der Waals surface area contributed by atoms with Crippen LogP contribution >= 0.6 is 0 Å². The van der Waals surface area contributed by atoms with Crippen LogP contribution in [0.25, 0.3) is 0 Å². The van der Waals surface area contributed by atoms with Crippen LogP contribution in [0.1, 0.15) is 36.0 Å². The minimum absolute atomic E-state index is 0.0516. The summed E-state index contributed by atoms with van der Waals surface area (Å²) in [5.41, 5.74) is 0.238. The topological polar surface area (TPSA) is 106 Å². The van der Waals surface area contributed by atoms with Crippen LogP contribution in [0.2, 0.25) is 0 Å². The van der Waals surface area contributed by atoms with Gasteiger partial charge < -0.3 is 25.0 Å². The SMILES string of the molecule is COc1ncnc(OC)c1C(=O)N1CCCC(CNC(=O)C2CCCN2)C1. The van der Waals surface area contributed by atoms with Gasteiger partial charge in [0.05, 0.1) is 20.3 Å². The maximum atomic E-state index is 13.0. The monoisotopic (exact) mass is 377 g/mol. The molecular formula is C18H27N5O4. The minimum Gasteiger partial charge on any atom is -0.480 e. The molecule has 0 saturated carbocycles. The van der Waals surface area contributed by atoms with E-state index in [-0.39, 0.29) is 41.1 Å². The molecular weight excluding hydrogens is 350 g/mol. The molecule has 2 aliphatic rings. The van der Waals surface area contributed by atoms with E-state index in [0.29, 0.717) is 19.6 Å². The van der Waals surface area contributed by atoms with Crippen LogP contribution in [0.5, 0.6) is 11.8 Å². The van der Waals surface area contributed by atoms with Crippen molar-refractivity contribution in [2.75, 3.05) is 40.4 Å². The number of carbonyl (C=O) groups is 2. The fourth-order valence-corrected chi connectivity index (χ4v) is 3.70. The molecule has 1 aromatic rings. The van der Waals surface area contributed by atoms with E-state index < -0.39 is 0 Å². The standard InChI is InChI=1S/C18H27N5O4/c1-26-16-14(17(27-2)22-11-21-16)18(25)23-8-4-5-12(10-23)9-20-15(24)13-6-3-7-19-13/h11-13,19H,3-10H2,1-2H3,(H,20,24). The van der Waals surface area contributed by atoms with E-state index in [1.165, 1.54) is 20.5 Å². The van der Waals surface area contributed by atoms with Crippen molar-refractivity contribution in [3.63, 3.8) is 0 Å². The molecule has 2 aliphatic heterocycles. The van der Waals surface area contributed by atoms with Crippen molar-refractivity contribution in [1.82, 2.24) is 25.5 Å². The lowest BCUT2D eigenvalue weighted by molar-refractivity contribution is -0.123. The third kappa shape index (κ3) is 4.47. The smallest absolute Gasteiger partial charge is 0.264 e. The van der Waals surface area contributed by atoms with E-state index in [2.05, 4.69) is 20.6 Å². The van der Waals surface area contributed by atoms with Gasteiger partial charge in [0.2, 0.25) is 17.7 Å². The van der Waals surface area contributed by atoms with Crippen LogP contribution in [0.15, 0.2) is 6.33 Å². The van der Waals surface area contributed by atoms with E-state index in [4.69, 9.17) is 9.47 Å². The van der Waals surface area contributed by atoms with Gasteiger partial charge in [-0.15, -0.1) is 0 Å². The second kappa shape index (κ2) is 8.98. The molecule has 2 amide bonds. The highest BCUT2D eigenvalue weighted by Crippen LogP contribution is 2.27. The zero-order chi connectivity index (χ0) is 19.2. The van der Waals surface area contributed by atoms with Gasteiger partial charge in [-0.3, -0.25) is 9.59 Å². The molecule has 0 spiro atoms. The predicted molar refractivity (Wildman–Crippen MR) is 97.8 cm³/mol. The summed E-state index contributed by atoms with van der Waals surface area (Å²) in [7, 11) is 2.92. The lowest BCUT2D eigenvalue weighted by atomic mass is 9.97. The Morgan fingerprint density at radius 1 is 1.22 bits per heavy atom. The van der Waals surface area contributed by atoms with Crippen molar-refractivity contribution in [2.24, 2.45) is 5.92 Å². The first-order valence-electron chi connectivity index (χ1n) is 9.37. The minimum atomic E-state index is -0.210. The van der Waals surface area contributed by atoms with Gasteiger partial charge in [-0.2, -0.15) is 0 Å². The highest BCUT2D eigenvalue weighted by atomic mass is 16.5. The number of hydrogen-bond donors (Lipinski definition) is 2. The summed E-state index contributed by atoms with van der Waals surface area (Å²) in [6, 6.07) is -0.0821. The Balaban J connectivity index is 1.62. The molecule has 2 fully saturated rings. The predicted octanol–water partition coefficient (Wildman–Crippen LogP) is 0.214. The number of piperidine rings is 1. The lowest BCUT2D eigenvalue weighted by Crippen LogP contribution is -2.46. The van der Waals surface area contributed by atoms with Gasteiger partial charge in [-0.05, 0) is 38.1 Å². The second-order valence-corrected chi connectivity index (χ2v) is 6.92. The number of nitrogens with one attached hydrogen (secondary N) is 2. The molecule has 2 N–H and O–H groups in total. The van der Waals surface area contributed by atoms with Gasteiger partial charge in [0.25, 0.3) is 5.91 Å². The van der Waals surface area contributed by atoms with Crippen molar-refractivity contribution in [3.05, 3.63) is 11.9 Å². The van der Waals surface area contributed by atoms with Crippen LogP contribution < -0.4 is 20.1 Å². The molecule has 0 radical (unpaired) electrons. The van der Waals surface area contributed by atoms with Gasteiger partial charge >= 0.3 is 0 Å². The largest absolute Gasteiger partial charge is 0.480 e. The molecule has 27 heavy (non-hydrogen) atoms. The molecule has 148 valence electrons. The van der Waals surface area contributed by atoms with Gasteiger partial charge in [0.15, 0.2) is 5.56 Å². The number of methoxy groups -OCH3 is 2. The second-order valence-electron chi connectivity index (χ2n) is 6.92. The summed E-state index contributed by atoms with van der Waals surface area (Å²) in [4.78, 5) is 35.0. The number of carbonyl (C=O) groups excluding carboxylic acids is 2.